The number of nitro groups is 1. The van der Waals surface area contributed by atoms with Crippen molar-refractivity contribution in [1.82, 2.24) is 4.98 Å². The highest BCUT2D eigenvalue weighted by Crippen LogP contribution is 2.27. The number of ether oxygens (including phenoxy) is 1. The third-order valence-corrected chi connectivity index (χ3v) is 4.60. The van der Waals surface area contributed by atoms with E-state index >= 15 is 0 Å². The van der Waals surface area contributed by atoms with Crippen molar-refractivity contribution in [3.63, 3.8) is 0 Å². The monoisotopic (exact) mass is 287 g/mol. The van der Waals surface area contributed by atoms with Gasteiger partial charge in [0.2, 0.25) is 11.7 Å². The molecular weight excluding hydrogens is 274 g/mol. The zero-order chi connectivity index (χ0) is 14.0. The first-order chi connectivity index (χ1) is 8.91. The average molecular weight is 287 g/mol. The van der Waals surface area contributed by atoms with Crippen LogP contribution in [0.5, 0.6) is 5.88 Å². The van der Waals surface area contributed by atoms with Crippen molar-refractivity contribution in [3.05, 3.63) is 22.2 Å². The number of methoxy groups -OCH3 is 1. The molecule has 1 N–H and O–H groups in total. The summed E-state index contributed by atoms with van der Waals surface area (Å²) in [6.07, 6.45) is 0.415. The van der Waals surface area contributed by atoms with Gasteiger partial charge in [-0.1, -0.05) is 0 Å². The molecule has 1 saturated heterocycles. The first kappa shape index (κ1) is 13.5. The molecule has 1 aliphatic rings. The van der Waals surface area contributed by atoms with E-state index in [-0.39, 0.29) is 34.9 Å². The van der Waals surface area contributed by atoms with Gasteiger partial charge in [-0.2, -0.15) is 4.98 Å². The highest BCUT2D eigenvalue weighted by atomic mass is 32.2. The number of hydrogen-bond acceptors (Lipinski definition) is 7. The molecule has 1 unspecified atom stereocenters. The molecule has 0 aromatic carbocycles. The smallest absolute Gasteiger partial charge is 0.311 e. The molecule has 104 valence electrons. The summed E-state index contributed by atoms with van der Waals surface area (Å²) >= 11 is 0. The van der Waals surface area contributed by atoms with E-state index in [4.69, 9.17) is 4.74 Å². The molecule has 0 saturated carbocycles. The van der Waals surface area contributed by atoms with Crippen LogP contribution in [0.3, 0.4) is 0 Å². The van der Waals surface area contributed by atoms with Gasteiger partial charge in [0.15, 0.2) is 9.84 Å². The van der Waals surface area contributed by atoms with E-state index in [1.54, 1.807) is 0 Å². The van der Waals surface area contributed by atoms with Crippen molar-refractivity contribution in [2.45, 2.75) is 12.5 Å². The molecule has 0 bridgehead atoms. The van der Waals surface area contributed by atoms with Gasteiger partial charge in [-0.15, -0.1) is 0 Å². The Labute approximate surface area is 109 Å². The minimum Gasteiger partial charge on any atom is -0.481 e. The molecule has 19 heavy (non-hydrogen) atoms. The summed E-state index contributed by atoms with van der Waals surface area (Å²) in [5.41, 5.74) is -0.204. The van der Waals surface area contributed by atoms with Gasteiger partial charge in [-0.05, 0) is 6.42 Å². The summed E-state index contributed by atoms with van der Waals surface area (Å²) < 4.78 is 27.6. The quantitative estimate of drug-likeness (QED) is 0.637. The van der Waals surface area contributed by atoms with Crippen LogP contribution in [0.15, 0.2) is 12.1 Å². The summed E-state index contributed by atoms with van der Waals surface area (Å²) in [6, 6.07) is 2.30. The minimum atomic E-state index is -3.06. The topological polar surface area (TPSA) is 111 Å². The second-order valence-electron chi connectivity index (χ2n) is 4.22. The highest BCUT2D eigenvalue weighted by molar-refractivity contribution is 7.91. The SMILES string of the molecule is COc1ccc([N+](=O)[O-])c(NC2CCS(=O)(=O)C2)n1. The van der Waals surface area contributed by atoms with Crippen molar-refractivity contribution in [3.8, 4) is 5.88 Å². The third-order valence-electron chi connectivity index (χ3n) is 2.83. The maximum absolute atomic E-state index is 11.4. The predicted octanol–water partition coefficient (Wildman–Crippen LogP) is 0.597. The number of anilines is 1. The first-order valence-corrected chi connectivity index (χ1v) is 7.40. The lowest BCUT2D eigenvalue weighted by Gasteiger charge is -2.12. The second-order valence-corrected chi connectivity index (χ2v) is 6.45. The Bertz CT molecular complexity index is 601. The Morgan fingerprint density at radius 3 is 2.79 bits per heavy atom. The minimum absolute atomic E-state index is 0.0338. The Morgan fingerprint density at radius 2 is 2.26 bits per heavy atom. The lowest BCUT2D eigenvalue weighted by Crippen LogP contribution is -2.22. The van der Waals surface area contributed by atoms with Gasteiger partial charge in [0.05, 0.1) is 23.5 Å². The zero-order valence-electron chi connectivity index (χ0n) is 10.2. The number of nitrogens with one attached hydrogen (secondary N) is 1. The average Bonchev–Trinajstić information content (AvgIpc) is 2.68. The molecular formula is C10H13N3O5S. The van der Waals surface area contributed by atoms with Gasteiger partial charge in [-0.25, -0.2) is 8.42 Å². The molecule has 1 atom stereocenters. The summed E-state index contributed by atoms with van der Waals surface area (Å²) in [6.45, 7) is 0. The number of sulfone groups is 1. The van der Waals surface area contributed by atoms with E-state index in [0.29, 0.717) is 6.42 Å². The fourth-order valence-corrected chi connectivity index (χ4v) is 3.58. The summed E-state index contributed by atoms with van der Waals surface area (Å²) in [5, 5.41) is 13.7. The van der Waals surface area contributed by atoms with Gasteiger partial charge in [0.25, 0.3) is 0 Å². The van der Waals surface area contributed by atoms with Crippen LogP contribution < -0.4 is 10.1 Å². The Balaban J connectivity index is 2.25. The van der Waals surface area contributed by atoms with E-state index in [2.05, 4.69) is 10.3 Å². The van der Waals surface area contributed by atoms with Crippen molar-refractivity contribution in [1.29, 1.82) is 0 Å². The molecule has 0 aliphatic carbocycles. The second kappa shape index (κ2) is 5.00. The number of pyridine rings is 1. The highest BCUT2D eigenvalue weighted by Gasteiger charge is 2.30. The maximum atomic E-state index is 11.4. The van der Waals surface area contributed by atoms with E-state index < -0.39 is 14.8 Å². The molecule has 2 rings (SSSR count). The molecule has 1 aromatic heterocycles. The van der Waals surface area contributed by atoms with Crippen molar-refractivity contribution in [2.75, 3.05) is 23.9 Å². The molecule has 0 spiro atoms. The predicted molar refractivity (Wildman–Crippen MR) is 68.1 cm³/mol. The molecule has 1 fully saturated rings. The third kappa shape index (κ3) is 3.11. The van der Waals surface area contributed by atoms with Crippen LogP contribution in [0, 0.1) is 10.1 Å². The Morgan fingerprint density at radius 1 is 1.53 bits per heavy atom. The normalized spacial score (nSPS) is 21.0. The zero-order valence-corrected chi connectivity index (χ0v) is 11.0. The molecule has 9 heteroatoms. The van der Waals surface area contributed by atoms with Crippen LogP contribution in [0.2, 0.25) is 0 Å². The van der Waals surface area contributed by atoms with Crippen LogP contribution in [-0.2, 0) is 9.84 Å². The van der Waals surface area contributed by atoms with E-state index in [0.717, 1.165) is 0 Å². The summed E-state index contributed by atoms with van der Waals surface area (Å²) in [4.78, 5) is 14.3. The number of nitrogens with zero attached hydrogens (tertiary/aromatic N) is 2. The molecule has 8 nitrogen and oxygen atoms in total. The van der Waals surface area contributed by atoms with Crippen LogP contribution in [0.25, 0.3) is 0 Å². The van der Waals surface area contributed by atoms with Crippen LogP contribution in [0.4, 0.5) is 11.5 Å². The van der Waals surface area contributed by atoms with E-state index in [1.807, 2.05) is 0 Å². The largest absolute Gasteiger partial charge is 0.481 e. The van der Waals surface area contributed by atoms with Crippen molar-refractivity contribution in [2.24, 2.45) is 0 Å². The maximum Gasteiger partial charge on any atom is 0.311 e. The number of hydrogen-bond donors (Lipinski definition) is 1. The van der Waals surface area contributed by atoms with Gasteiger partial charge in [0, 0.05) is 18.2 Å². The van der Waals surface area contributed by atoms with Crippen LogP contribution >= 0.6 is 0 Å². The van der Waals surface area contributed by atoms with E-state index in [9.17, 15) is 18.5 Å². The lowest BCUT2D eigenvalue weighted by molar-refractivity contribution is -0.384. The van der Waals surface area contributed by atoms with Gasteiger partial charge >= 0.3 is 5.69 Å². The van der Waals surface area contributed by atoms with Crippen LogP contribution in [-0.4, -0.2) is 43.0 Å². The Hall–Kier alpha value is -1.90. The number of rotatable bonds is 4. The molecule has 0 amide bonds. The molecule has 0 radical (unpaired) electrons. The fourth-order valence-electron chi connectivity index (χ4n) is 1.90. The molecule has 1 aromatic rings. The summed E-state index contributed by atoms with van der Waals surface area (Å²) in [5.74, 6) is 0.311. The van der Waals surface area contributed by atoms with E-state index in [1.165, 1.54) is 19.2 Å². The van der Waals surface area contributed by atoms with Crippen LogP contribution in [0.1, 0.15) is 6.42 Å². The fraction of sp³-hybridized carbons (Fsp3) is 0.500. The van der Waals surface area contributed by atoms with Gasteiger partial charge < -0.3 is 10.1 Å². The lowest BCUT2D eigenvalue weighted by atomic mass is 10.2. The Kier molecular flexibility index (Phi) is 3.56. The summed E-state index contributed by atoms with van der Waals surface area (Å²) in [7, 11) is -1.65. The van der Waals surface area contributed by atoms with Gasteiger partial charge in [-0.3, -0.25) is 10.1 Å². The molecule has 2 heterocycles. The number of aromatic nitrogens is 1. The standard InChI is InChI=1S/C10H13N3O5S/c1-18-9-3-2-8(13(14)15)10(12-9)11-7-4-5-19(16,17)6-7/h2-3,7H,4-6H2,1H3,(H,11,12). The van der Waals surface area contributed by atoms with Crippen molar-refractivity contribution >= 4 is 21.3 Å². The first-order valence-electron chi connectivity index (χ1n) is 5.57. The molecule has 1 aliphatic heterocycles. The van der Waals surface area contributed by atoms with Crippen molar-refractivity contribution < 1.29 is 18.1 Å². The van der Waals surface area contributed by atoms with Gasteiger partial charge in [0.1, 0.15) is 0 Å².